The van der Waals surface area contributed by atoms with E-state index in [9.17, 15) is 0 Å². The van der Waals surface area contributed by atoms with E-state index in [1.807, 2.05) is 0 Å². The first-order chi connectivity index (χ1) is 8.77. The SMILES string of the molecule is CC(C)CCOCCCCOCCCCCCO. The summed E-state index contributed by atoms with van der Waals surface area (Å²) >= 11 is 0. The molecule has 0 atom stereocenters. The van der Waals surface area contributed by atoms with Gasteiger partial charge in [0.25, 0.3) is 0 Å². The summed E-state index contributed by atoms with van der Waals surface area (Å²) in [6, 6.07) is 0. The van der Waals surface area contributed by atoms with Crippen molar-refractivity contribution >= 4 is 0 Å². The predicted octanol–water partition coefficient (Wildman–Crippen LogP) is 3.40. The van der Waals surface area contributed by atoms with E-state index in [0.29, 0.717) is 6.61 Å². The first-order valence-corrected chi connectivity index (χ1v) is 7.53. The van der Waals surface area contributed by atoms with Crippen molar-refractivity contribution in [2.75, 3.05) is 33.0 Å². The number of aliphatic hydroxyl groups excluding tert-OH is 1. The van der Waals surface area contributed by atoms with Gasteiger partial charge in [0.2, 0.25) is 0 Å². The maximum absolute atomic E-state index is 8.61. The molecule has 0 aromatic carbocycles. The number of rotatable bonds is 14. The maximum atomic E-state index is 8.61. The highest BCUT2D eigenvalue weighted by molar-refractivity contribution is 4.45. The molecule has 18 heavy (non-hydrogen) atoms. The fourth-order valence-corrected chi connectivity index (χ4v) is 1.60. The zero-order valence-corrected chi connectivity index (χ0v) is 12.3. The van der Waals surface area contributed by atoms with E-state index in [1.54, 1.807) is 0 Å². The summed E-state index contributed by atoms with van der Waals surface area (Å²) in [5.74, 6) is 0.735. The number of unbranched alkanes of at least 4 members (excludes halogenated alkanes) is 4. The molecule has 0 aromatic heterocycles. The van der Waals surface area contributed by atoms with Gasteiger partial charge in [-0.3, -0.25) is 0 Å². The molecule has 3 nitrogen and oxygen atoms in total. The second-order valence-corrected chi connectivity index (χ2v) is 5.25. The molecule has 0 radical (unpaired) electrons. The van der Waals surface area contributed by atoms with Crippen LogP contribution in [0.5, 0.6) is 0 Å². The third-order valence-electron chi connectivity index (χ3n) is 2.86. The Balaban J connectivity index is 2.90. The van der Waals surface area contributed by atoms with Gasteiger partial charge in [-0.05, 0) is 38.0 Å². The van der Waals surface area contributed by atoms with Gasteiger partial charge < -0.3 is 14.6 Å². The van der Waals surface area contributed by atoms with E-state index in [4.69, 9.17) is 14.6 Å². The van der Waals surface area contributed by atoms with E-state index in [0.717, 1.165) is 70.9 Å². The third-order valence-corrected chi connectivity index (χ3v) is 2.86. The van der Waals surface area contributed by atoms with Crippen LogP contribution < -0.4 is 0 Å². The molecule has 0 rings (SSSR count). The summed E-state index contributed by atoms with van der Waals surface area (Å²) in [6.45, 7) is 8.23. The normalized spacial score (nSPS) is 11.3. The number of hydrogen-bond donors (Lipinski definition) is 1. The highest BCUT2D eigenvalue weighted by Gasteiger charge is 1.95. The van der Waals surface area contributed by atoms with Crippen molar-refractivity contribution in [3.8, 4) is 0 Å². The highest BCUT2D eigenvalue weighted by atomic mass is 16.5. The molecule has 0 saturated heterocycles. The van der Waals surface area contributed by atoms with E-state index >= 15 is 0 Å². The Kier molecular flexibility index (Phi) is 14.8. The smallest absolute Gasteiger partial charge is 0.0468 e. The van der Waals surface area contributed by atoms with Crippen molar-refractivity contribution in [1.29, 1.82) is 0 Å². The summed E-state index contributed by atoms with van der Waals surface area (Å²) in [6.07, 6.45) is 7.67. The lowest BCUT2D eigenvalue weighted by atomic mass is 10.1. The van der Waals surface area contributed by atoms with Crippen molar-refractivity contribution in [2.24, 2.45) is 5.92 Å². The molecule has 0 aliphatic rings. The van der Waals surface area contributed by atoms with Gasteiger partial charge in [-0.25, -0.2) is 0 Å². The first kappa shape index (κ1) is 17.9. The maximum Gasteiger partial charge on any atom is 0.0468 e. The van der Waals surface area contributed by atoms with Crippen LogP contribution in [0.1, 0.15) is 58.8 Å². The fourth-order valence-electron chi connectivity index (χ4n) is 1.60. The zero-order valence-electron chi connectivity index (χ0n) is 12.3. The summed E-state index contributed by atoms with van der Waals surface area (Å²) in [5.41, 5.74) is 0. The van der Waals surface area contributed by atoms with Crippen LogP contribution in [0.2, 0.25) is 0 Å². The van der Waals surface area contributed by atoms with Crippen LogP contribution in [0.25, 0.3) is 0 Å². The minimum Gasteiger partial charge on any atom is -0.396 e. The molecule has 0 spiro atoms. The average Bonchev–Trinajstić information content (AvgIpc) is 2.34. The van der Waals surface area contributed by atoms with Crippen LogP contribution in [0, 0.1) is 5.92 Å². The molecule has 0 saturated carbocycles. The van der Waals surface area contributed by atoms with Crippen LogP contribution in [0.3, 0.4) is 0 Å². The average molecular weight is 260 g/mol. The molecule has 0 amide bonds. The van der Waals surface area contributed by atoms with E-state index in [-0.39, 0.29) is 0 Å². The standard InChI is InChI=1S/C15H32O3/c1-15(2)9-14-18-13-8-7-12-17-11-6-4-3-5-10-16/h15-16H,3-14H2,1-2H3. The van der Waals surface area contributed by atoms with Gasteiger partial charge in [0.15, 0.2) is 0 Å². The lowest BCUT2D eigenvalue weighted by molar-refractivity contribution is 0.0962. The topological polar surface area (TPSA) is 38.7 Å². The Morgan fingerprint density at radius 1 is 0.722 bits per heavy atom. The van der Waals surface area contributed by atoms with Gasteiger partial charge in [0, 0.05) is 33.0 Å². The largest absolute Gasteiger partial charge is 0.396 e. The quantitative estimate of drug-likeness (QED) is 0.486. The fraction of sp³-hybridized carbons (Fsp3) is 1.00. The van der Waals surface area contributed by atoms with Crippen molar-refractivity contribution < 1.29 is 14.6 Å². The minimum atomic E-state index is 0.317. The molecule has 0 aromatic rings. The molecule has 3 heteroatoms. The molecule has 1 N–H and O–H groups in total. The molecular formula is C15H32O3. The van der Waals surface area contributed by atoms with Crippen LogP contribution in [-0.4, -0.2) is 38.1 Å². The van der Waals surface area contributed by atoms with Gasteiger partial charge in [0.05, 0.1) is 0 Å². The van der Waals surface area contributed by atoms with E-state index in [2.05, 4.69) is 13.8 Å². The molecule has 0 unspecified atom stereocenters. The Morgan fingerprint density at radius 3 is 1.78 bits per heavy atom. The summed E-state index contributed by atoms with van der Waals surface area (Å²) < 4.78 is 11.1. The van der Waals surface area contributed by atoms with Crippen molar-refractivity contribution in [3.05, 3.63) is 0 Å². The van der Waals surface area contributed by atoms with Gasteiger partial charge in [0.1, 0.15) is 0 Å². The second kappa shape index (κ2) is 14.9. The van der Waals surface area contributed by atoms with Crippen LogP contribution in [0.4, 0.5) is 0 Å². The monoisotopic (exact) mass is 260 g/mol. The third kappa shape index (κ3) is 15.9. The Morgan fingerprint density at radius 2 is 1.22 bits per heavy atom. The van der Waals surface area contributed by atoms with Gasteiger partial charge in [-0.2, -0.15) is 0 Å². The van der Waals surface area contributed by atoms with E-state index in [1.165, 1.54) is 6.42 Å². The number of hydrogen-bond acceptors (Lipinski definition) is 3. The molecule has 0 bridgehead atoms. The van der Waals surface area contributed by atoms with Crippen molar-refractivity contribution in [2.45, 2.75) is 58.8 Å². The van der Waals surface area contributed by atoms with Crippen molar-refractivity contribution in [1.82, 2.24) is 0 Å². The first-order valence-electron chi connectivity index (χ1n) is 7.53. The predicted molar refractivity (Wildman–Crippen MR) is 75.9 cm³/mol. The van der Waals surface area contributed by atoms with Gasteiger partial charge in [-0.15, -0.1) is 0 Å². The van der Waals surface area contributed by atoms with Crippen LogP contribution in [-0.2, 0) is 9.47 Å². The second-order valence-electron chi connectivity index (χ2n) is 5.25. The lowest BCUT2D eigenvalue weighted by Crippen LogP contribution is -2.03. The van der Waals surface area contributed by atoms with Gasteiger partial charge >= 0.3 is 0 Å². The highest BCUT2D eigenvalue weighted by Crippen LogP contribution is 2.01. The Hall–Kier alpha value is -0.120. The number of aliphatic hydroxyl groups is 1. The molecular weight excluding hydrogens is 228 g/mol. The molecule has 0 aliphatic carbocycles. The van der Waals surface area contributed by atoms with Crippen LogP contribution in [0.15, 0.2) is 0 Å². The molecule has 0 heterocycles. The summed E-state index contributed by atoms with van der Waals surface area (Å²) in [7, 11) is 0. The van der Waals surface area contributed by atoms with Crippen LogP contribution >= 0.6 is 0 Å². The molecule has 110 valence electrons. The summed E-state index contributed by atoms with van der Waals surface area (Å²) in [4.78, 5) is 0. The zero-order chi connectivity index (χ0) is 13.5. The molecule has 0 aliphatic heterocycles. The van der Waals surface area contributed by atoms with Gasteiger partial charge in [-0.1, -0.05) is 26.7 Å². The van der Waals surface area contributed by atoms with E-state index < -0.39 is 0 Å². The molecule has 0 fully saturated rings. The summed E-state index contributed by atoms with van der Waals surface area (Å²) in [5, 5.41) is 8.61. The Bertz CT molecular complexity index is 149. The Labute approximate surface area is 113 Å². The van der Waals surface area contributed by atoms with Crippen molar-refractivity contribution in [3.63, 3.8) is 0 Å². The minimum absolute atomic E-state index is 0.317. The lowest BCUT2D eigenvalue weighted by Gasteiger charge is -2.07. The number of ether oxygens (including phenoxy) is 2.